The molecule has 1 aromatic carbocycles. The normalized spacial score (nSPS) is 15.7. The lowest BCUT2D eigenvalue weighted by atomic mass is 10.2. The summed E-state index contributed by atoms with van der Waals surface area (Å²) in [6, 6.07) is 6.29. The highest BCUT2D eigenvalue weighted by Crippen LogP contribution is 2.39. The fourth-order valence-corrected chi connectivity index (χ4v) is 1.98. The van der Waals surface area contributed by atoms with Crippen LogP contribution in [0.2, 0.25) is 0 Å². The van der Waals surface area contributed by atoms with Gasteiger partial charge in [0.2, 0.25) is 0 Å². The predicted octanol–water partition coefficient (Wildman–Crippen LogP) is 1.98. The Morgan fingerprint density at radius 3 is 2.84 bits per heavy atom. The molecule has 1 saturated carbocycles. The summed E-state index contributed by atoms with van der Waals surface area (Å²) in [4.78, 5) is 0. The molecule has 0 amide bonds. The van der Waals surface area contributed by atoms with Crippen LogP contribution in [0.15, 0.2) is 35.6 Å². The van der Waals surface area contributed by atoms with E-state index in [0.29, 0.717) is 17.2 Å². The highest BCUT2D eigenvalue weighted by atomic mass is 19.1. The van der Waals surface area contributed by atoms with Crippen molar-refractivity contribution in [1.29, 1.82) is 0 Å². The number of hydrogen-bond donors (Lipinski definition) is 2. The Hall–Kier alpha value is -2.37. The van der Waals surface area contributed by atoms with Crippen LogP contribution in [-0.2, 0) is 0 Å². The number of amidine groups is 1. The summed E-state index contributed by atoms with van der Waals surface area (Å²) >= 11 is 0. The average molecular weight is 260 g/mol. The molecular weight excluding hydrogens is 247 g/mol. The third-order valence-electron chi connectivity index (χ3n) is 3.20. The lowest BCUT2D eigenvalue weighted by Crippen LogP contribution is -2.13. The first kappa shape index (κ1) is 11.7. The SMILES string of the molecule is NC(=NO)c1ccc(-n2ccc(C3CC3)n2)c(F)c1. The maximum Gasteiger partial charge on any atom is 0.170 e. The second-order valence-corrected chi connectivity index (χ2v) is 4.61. The molecule has 98 valence electrons. The van der Waals surface area contributed by atoms with Crippen molar-refractivity contribution in [1.82, 2.24) is 9.78 Å². The molecule has 0 radical (unpaired) electrons. The first-order chi connectivity index (χ1) is 9.19. The first-order valence-electron chi connectivity index (χ1n) is 6.02. The highest BCUT2D eigenvalue weighted by Gasteiger charge is 2.26. The number of aromatic nitrogens is 2. The van der Waals surface area contributed by atoms with Crippen molar-refractivity contribution in [3.8, 4) is 5.69 Å². The van der Waals surface area contributed by atoms with E-state index in [-0.39, 0.29) is 5.84 Å². The van der Waals surface area contributed by atoms with E-state index in [2.05, 4.69) is 10.3 Å². The maximum absolute atomic E-state index is 14.0. The number of rotatable bonds is 3. The summed E-state index contributed by atoms with van der Waals surface area (Å²) in [7, 11) is 0. The third kappa shape index (κ3) is 2.16. The first-order valence-corrected chi connectivity index (χ1v) is 6.02. The van der Waals surface area contributed by atoms with Crippen LogP contribution in [0.5, 0.6) is 0 Å². The number of benzene rings is 1. The molecule has 1 fully saturated rings. The predicted molar refractivity (Wildman–Crippen MR) is 68.0 cm³/mol. The molecule has 0 saturated heterocycles. The van der Waals surface area contributed by atoms with Crippen molar-refractivity contribution in [3.05, 3.63) is 47.5 Å². The zero-order valence-corrected chi connectivity index (χ0v) is 10.1. The van der Waals surface area contributed by atoms with Crippen LogP contribution in [0, 0.1) is 5.82 Å². The fraction of sp³-hybridized carbons (Fsp3) is 0.231. The van der Waals surface area contributed by atoms with Crippen LogP contribution < -0.4 is 5.73 Å². The smallest absolute Gasteiger partial charge is 0.170 e. The summed E-state index contributed by atoms with van der Waals surface area (Å²) in [5.74, 6) is -0.0557. The number of hydrogen-bond acceptors (Lipinski definition) is 3. The van der Waals surface area contributed by atoms with E-state index in [4.69, 9.17) is 10.9 Å². The molecule has 1 aliphatic carbocycles. The van der Waals surface area contributed by atoms with Gasteiger partial charge in [0, 0.05) is 17.7 Å². The lowest BCUT2D eigenvalue weighted by molar-refractivity contribution is 0.318. The van der Waals surface area contributed by atoms with Crippen LogP contribution in [0.3, 0.4) is 0 Å². The molecule has 1 aromatic heterocycles. The second-order valence-electron chi connectivity index (χ2n) is 4.61. The van der Waals surface area contributed by atoms with Gasteiger partial charge < -0.3 is 10.9 Å². The van der Waals surface area contributed by atoms with Gasteiger partial charge in [0.15, 0.2) is 5.84 Å². The van der Waals surface area contributed by atoms with Gasteiger partial charge in [0.1, 0.15) is 11.5 Å². The van der Waals surface area contributed by atoms with Crippen LogP contribution >= 0.6 is 0 Å². The van der Waals surface area contributed by atoms with Gasteiger partial charge in [0.25, 0.3) is 0 Å². The van der Waals surface area contributed by atoms with Gasteiger partial charge in [0.05, 0.1) is 5.69 Å². The van der Waals surface area contributed by atoms with Gasteiger partial charge >= 0.3 is 0 Å². The molecule has 3 rings (SSSR count). The van der Waals surface area contributed by atoms with E-state index in [1.807, 2.05) is 6.07 Å². The van der Waals surface area contributed by atoms with Gasteiger partial charge in [-0.3, -0.25) is 0 Å². The Kier molecular flexibility index (Phi) is 2.70. The van der Waals surface area contributed by atoms with Gasteiger partial charge in [-0.25, -0.2) is 9.07 Å². The molecule has 19 heavy (non-hydrogen) atoms. The van der Waals surface area contributed by atoms with Crippen molar-refractivity contribution >= 4 is 5.84 Å². The Bertz CT molecular complexity index is 646. The Morgan fingerprint density at radius 1 is 1.42 bits per heavy atom. The van der Waals surface area contributed by atoms with Gasteiger partial charge in [-0.2, -0.15) is 5.10 Å². The maximum atomic E-state index is 14.0. The van der Waals surface area contributed by atoms with Gasteiger partial charge in [-0.05, 0) is 37.1 Å². The minimum Gasteiger partial charge on any atom is -0.409 e. The van der Waals surface area contributed by atoms with Gasteiger partial charge in [-0.15, -0.1) is 0 Å². The monoisotopic (exact) mass is 260 g/mol. The minimum atomic E-state index is -0.463. The number of nitrogens with two attached hydrogens (primary N) is 1. The van der Waals surface area contributed by atoms with E-state index in [1.165, 1.54) is 10.7 Å². The summed E-state index contributed by atoms with van der Waals surface area (Å²) in [5.41, 5.74) is 7.10. The van der Waals surface area contributed by atoms with Crippen molar-refractivity contribution < 1.29 is 9.60 Å². The van der Waals surface area contributed by atoms with Crippen molar-refractivity contribution in [3.63, 3.8) is 0 Å². The third-order valence-corrected chi connectivity index (χ3v) is 3.20. The Morgan fingerprint density at radius 2 is 2.21 bits per heavy atom. The van der Waals surface area contributed by atoms with Crippen molar-refractivity contribution in [2.45, 2.75) is 18.8 Å². The number of nitrogens with zero attached hydrogens (tertiary/aromatic N) is 3. The molecule has 3 N–H and O–H groups in total. The van der Waals surface area contributed by atoms with E-state index >= 15 is 0 Å². The van der Waals surface area contributed by atoms with Crippen LogP contribution in [0.4, 0.5) is 4.39 Å². The standard InChI is InChI=1S/C13H13FN4O/c14-10-7-9(13(15)17-19)3-4-12(10)18-6-5-11(16-18)8-1-2-8/h3-8,19H,1-2H2,(H2,15,17). The molecule has 0 spiro atoms. The summed E-state index contributed by atoms with van der Waals surface area (Å²) < 4.78 is 15.5. The van der Waals surface area contributed by atoms with Crippen LogP contribution in [-0.4, -0.2) is 20.8 Å². The Balaban J connectivity index is 1.95. The number of oxime groups is 1. The number of halogens is 1. The molecule has 6 heteroatoms. The molecule has 2 aromatic rings. The average Bonchev–Trinajstić information content (AvgIpc) is 3.16. The minimum absolute atomic E-state index is 0.121. The second kappa shape index (κ2) is 4.38. The highest BCUT2D eigenvalue weighted by molar-refractivity contribution is 5.97. The van der Waals surface area contributed by atoms with E-state index in [1.54, 1.807) is 18.3 Å². The Labute approximate surface area is 109 Å². The molecule has 1 aliphatic rings. The molecule has 0 unspecified atom stereocenters. The van der Waals surface area contributed by atoms with E-state index in [0.717, 1.165) is 18.5 Å². The molecule has 5 nitrogen and oxygen atoms in total. The largest absolute Gasteiger partial charge is 0.409 e. The van der Waals surface area contributed by atoms with Crippen molar-refractivity contribution in [2.24, 2.45) is 10.9 Å². The van der Waals surface area contributed by atoms with Gasteiger partial charge in [-0.1, -0.05) is 5.16 Å². The quantitative estimate of drug-likeness (QED) is 0.383. The van der Waals surface area contributed by atoms with Crippen molar-refractivity contribution in [2.75, 3.05) is 0 Å². The lowest BCUT2D eigenvalue weighted by Gasteiger charge is -2.05. The summed E-state index contributed by atoms with van der Waals surface area (Å²) in [6.07, 6.45) is 4.05. The zero-order chi connectivity index (χ0) is 13.4. The molecule has 0 atom stereocenters. The van der Waals surface area contributed by atoms with E-state index < -0.39 is 5.82 Å². The topological polar surface area (TPSA) is 76.4 Å². The molecule has 0 bridgehead atoms. The fourth-order valence-electron chi connectivity index (χ4n) is 1.98. The summed E-state index contributed by atoms with van der Waals surface area (Å²) in [6.45, 7) is 0. The molecule has 1 heterocycles. The molecular formula is C13H13FN4O. The van der Waals surface area contributed by atoms with Crippen LogP contribution in [0.25, 0.3) is 5.69 Å². The summed E-state index contributed by atoms with van der Waals surface area (Å²) in [5, 5.41) is 15.8. The van der Waals surface area contributed by atoms with E-state index in [9.17, 15) is 4.39 Å². The molecule has 0 aliphatic heterocycles. The zero-order valence-electron chi connectivity index (χ0n) is 10.1. The van der Waals surface area contributed by atoms with Crippen LogP contribution in [0.1, 0.15) is 30.0 Å².